The molecule has 0 spiro atoms. The largest absolute Gasteiger partial charge is 0.392 e. The van der Waals surface area contributed by atoms with Crippen LogP contribution in [0.1, 0.15) is 141 Å². The molecule has 2 heteroatoms. The minimum absolute atomic E-state index is 0.136. The second kappa shape index (κ2) is 22.2. The predicted octanol–water partition coefficient (Wildman–Crippen LogP) is 10.5. The van der Waals surface area contributed by atoms with Gasteiger partial charge in [0.15, 0.2) is 0 Å². The second-order valence-electron chi connectivity index (χ2n) is 11.6. The van der Waals surface area contributed by atoms with Gasteiger partial charge in [0.2, 0.25) is 0 Å². The van der Waals surface area contributed by atoms with Gasteiger partial charge in [-0.2, -0.15) is 0 Å². The van der Waals surface area contributed by atoms with Crippen LogP contribution < -0.4 is 0 Å². The molecule has 2 atom stereocenters. The number of nitrogens with zero attached hydrogens (tertiary/aromatic N) is 1. The molecular weight excluding hydrogens is 462 g/mol. The highest BCUT2D eigenvalue weighted by Gasteiger charge is 2.22. The van der Waals surface area contributed by atoms with Gasteiger partial charge in [0, 0.05) is 19.1 Å². The van der Waals surface area contributed by atoms with Crippen molar-refractivity contribution in [3.8, 4) is 0 Å². The molecule has 214 valence electrons. The van der Waals surface area contributed by atoms with Crippen molar-refractivity contribution < 1.29 is 5.11 Å². The van der Waals surface area contributed by atoms with Crippen LogP contribution in [0.25, 0.3) is 0 Å². The molecule has 38 heavy (non-hydrogen) atoms. The normalized spacial score (nSPS) is 13.2. The molecule has 0 aliphatic rings. The Balaban J connectivity index is 1.51. The Labute approximate surface area is 236 Å². The number of hydrogen-bond acceptors (Lipinski definition) is 2. The highest BCUT2D eigenvalue weighted by Crippen LogP contribution is 2.19. The minimum Gasteiger partial charge on any atom is -0.392 e. The standard InChI is InChI=1S/C36H59NO/c1-3-4-5-6-7-8-9-10-11-12-13-14-15-16-17-18-25-30-36(38)33(2)37(31-34-26-21-19-22-27-34)32-35-28-23-20-24-29-35/h19-24,26-29,33,36,38H,3-18,25,30-32H2,1-2H3. The maximum Gasteiger partial charge on any atom is 0.0693 e. The average molecular weight is 522 g/mol. The lowest BCUT2D eigenvalue weighted by Crippen LogP contribution is -2.40. The molecule has 0 aromatic heterocycles. The van der Waals surface area contributed by atoms with Crippen LogP contribution >= 0.6 is 0 Å². The average Bonchev–Trinajstić information content (AvgIpc) is 2.95. The summed E-state index contributed by atoms with van der Waals surface area (Å²) in [6, 6.07) is 21.5. The molecule has 2 nitrogen and oxygen atoms in total. The van der Waals surface area contributed by atoms with Crippen LogP contribution in [0.2, 0.25) is 0 Å². The van der Waals surface area contributed by atoms with Gasteiger partial charge in [-0.25, -0.2) is 0 Å². The van der Waals surface area contributed by atoms with Crippen LogP contribution in [0.4, 0.5) is 0 Å². The van der Waals surface area contributed by atoms with E-state index < -0.39 is 0 Å². The number of aliphatic hydroxyl groups is 1. The third-order valence-corrected chi connectivity index (χ3v) is 8.19. The molecule has 0 aliphatic heterocycles. The van der Waals surface area contributed by atoms with E-state index in [1.54, 1.807) is 0 Å². The van der Waals surface area contributed by atoms with Crippen molar-refractivity contribution in [1.29, 1.82) is 0 Å². The van der Waals surface area contributed by atoms with Crippen molar-refractivity contribution in [2.75, 3.05) is 0 Å². The van der Waals surface area contributed by atoms with E-state index in [2.05, 4.69) is 79.4 Å². The fourth-order valence-electron chi connectivity index (χ4n) is 5.54. The maximum atomic E-state index is 11.0. The summed E-state index contributed by atoms with van der Waals surface area (Å²) < 4.78 is 0. The highest BCUT2D eigenvalue weighted by molar-refractivity contribution is 5.17. The fourth-order valence-corrected chi connectivity index (χ4v) is 5.54. The first-order valence-electron chi connectivity index (χ1n) is 16.2. The maximum absolute atomic E-state index is 11.0. The number of aliphatic hydroxyl groups excluding tert-OH is 1. The van der Waals surface area contributed by atoms with Crippen molar-refractivity contribution in [2.45, 2.75) is 155 Å². The summed E-state index contributed by atoms with van der Waals surface area (Å²) in [7, 11) is 0. The zero-order valence-corrected chi connectivity index (χ0v) is 25.0. The minimum atomic E-state index is -0.279. The van der Waals surface area contributed by atoms with Gasteiger partial charge in [0.25, 0.3) is 0 Å². The van der Waals surface area contributed by atoms with Crippen molar-refractivity contribution in [3.63, 3.8) is 0 Å². The van der Waals surface area contributed by atoms with Gasteiger partial charge < -0.3 is 5.11 Å². The van der Waals surface area contributed by atoms with E-state index in [9.17, 15) is 5.11 Å². The van der Waals surface area contributed by atoms with E-state index in [1.807, 2.05) is 0 Å². The zero-order valence-electron chi connectivity index (χ0n) is 25.0. The Bertz CT molecular complexity index is 720. The number of rotatable bonds is 24. The van der Waals surface area contributed by atoms with Crippen LogP contribution in [0, 0.1) is 0 Å². The van der Waals surface area contributed by atoms with Gasteiger partial charge in [-0.05, 0) is 24.5 Å². The third kappa shape index (κ3) is 15.7. The number of benzene rings is 2. The molecule has 0 aliphatic carbocycles. The number of unbranched alkanes of at least 4 members (excludes halogenated alkanes) is 16. The summed E-state index contributed by atoms with van der Waals surface area (Å²) in [5.74, 6) is 0. The Morgan fingerprint density at radius 2 is 0.868 bits per heavy atom. The molecule has 2 aromatic rings. The van der Waals surface area contributed by atoms with E-state index in [4.69, 9.17) is 0 Å². The Morgan fingerprint density at radius 1 is 0.526 bits per heavy atom. The van der Waals surface area contributed by atoms with Crippen LogP contribution in [-0.2, 0) is 13.1 Å². The van der Waals surface area contributed by atoms with Gasteiger partial charge in [-0.3, -0.25) is 4.90 Å². The van der Waals surface area contributed by atoms with E-state index in [-0.39, 0.29) is 12.1 Å². The van der Waals surface area contributed by atoms with E-state index in [1.165, 1.54) is 114 Å². The molecule has 0 saturated carbocycles. The summed E-state index contributed by atoms with van der Waals surface area (Å²) >= 11 is 0. The SMILES string of the molecule is CCCCCCCCCCCCCCCCCCCC(O)C(C)N(Cc1ccccc1)Cc1ccccc1. The van der Waals surface area contributed by atoms with Crippen molar-refractivity contribution in [2.24, 2.45) is 0 Å². The van der Waals surface area contributed by atoms with Crippen LogP contribution in [0.3, 0.4) is 0 Å². The van der Waals surface area contributed by atoms with E-state index in [0.717, 1.165) is 25.9 Å². The lowest BCUT2D eigenvalue weighted by molar-refractivity contribution is 0.0421. The van der Waals surface area contributed by atoms with Crippen LogP contribution in [0.5, 0.6) is 0 Å². The predicted molar refractivity (Wildman–Crippen MR) is 166 cm³/mol. The first-order valence-corrected chi connectivity index (χ1v) is 16.2. The van der Waals surface area contributed by atoms with Crippen LogP contribution in [0.15, 0.2) is 60.7 Å². The van der Waals surface area contributed by atoms with Crippen LogP contribution in [-0.4, -0.2) is 22.2 Å². The first-order chi connectivity index (χ1) is 18.7. The lowest BCUT2D eigenvalue weighted by atomic mass is 10.0. The number of hydrogen-bond donors (Lipinski definition) is 1. The highest BCUT2D eigenvalue weighted by atomic mass is 16.3. The molecule has 0 radical (unpaired) electrons. The fraction of sp³-hybridized carbons (Fsp3) is 0.667. The monoisotopic (exact) mass is 521 g/mol. The van der Waals surface area contributed by atoms with E-state index >= 15 is 0 Å². The van der Waals surface area contributed by atoms with Gasteiger partial charge in [0.05, 0.1) is 6.10 Å². The summed E-state index contributed by atoms with van der Waals surface area (Å²) in [5.41, 5.74) is 2.61. The van der Waals surface area contributed by atoms with Crippen molar-refractivity contribution >= 4 is 0 Å². The molecule has 2 aromatic carbocycles. The zero-order chi connectivity index (χ0) is 27.1. The molecule has 0 amide bonds. The molecule has 0 saturated heterocycles. The van der Waals surface area contributed by atoms with Gasteiger partial charge in [0.1, 0.15) is 0 Å². The lowest BCUT2D eigenvalue weighted by Gasteiger charge is -2.32. The summed E-state index contributed by atoms with van der Waals surface area (Å²) in [5, 5.41) is 11.0. The topological polar surface area (TPSA) is 23.5 Å². The molecule has 0 heterocycles. The summed E-state index contributed by atoms with van der Waals surface area (Å²) in [6.07, 6.45) is 24.2. The Kier molecular flexibility index (Phi) is 19.0. The molecule has 2 unspecified atom stereocenters. The van der Waals surface area contributed by atoms with Crippen molar-refractivity contribution in [1.82, 2.24) is 4.90 Å². The smallest absolute Gasteiger partial charge is 0.0693 e. The Hall–Kier alpha value is -1.64. The summed E-state index contributed by atoms with van der Waals surface area (Å²) in [4.78, 5) is 2.43. The van der Waals surface area contributed by atoms with Gasteiger partial charge >= 0.3 is 0 Å². The Morgan fingerprint density at radius 3 is 1.24 bits per heavy atom. The molecule has 0 bridgehead atoms. The first kappa shape index (κ1) is 32.6. The quantitative estimate of drug-likeness (QED) is 0.139. The van der Waals surface area contributed by atoms with Gasteiger partial charge in [-0.15, -0.1) is 0 Å². The molecule has 0 fully saturated rings. The summed E-state index contributed by atoms with van der Waals surface area (Å²) in [6.45, 7) is 6.23. The molecule has 1 N–H and O–H groups in total. The second-order valence-corrected chi connectivity index (χ2v) is 11.6. The third-order valence-electron chi connectivity index (χ3n) is 8.19. The molecular formula is C36H59NO. The van der Waals surface area contributed by atoms with Gasteiger partial charge in [-0.1, -0.05) is 177 Å². The molecule has 2 rings (SSSR count). The van der Waals surface area contributed by atoms with E-state index in [0.29, 0.717) is 0 Å². The van der Waals surface area contributed by atoms with Crippen molar-refractivity contribution in [3.05, 3.63) is 71.8 Å².